The summed E-state index contributed by atoms with van der Waals surface area (Å²) in [4.78, 5) is 22.5. The first kappa shape index (κ1) is 22.1. The molecule has 0 aliphatic rings. The molecule has 0 aromatic heterocycles. The van der Waals surface area contributed by atoms with Crippen LogP contribution in [0.1, 0.15) is 91.4 Å². The minimum absolute atomic E-state index is 0.00994. The van der Waals surface area contributed by atoms with E-state index in [-0.39, 0.29) is 11.9 Å². The maximum atomic E-state index is 11.7. The van der Waals surface area contributed by atoms with Crippen molar-refractivity contribution in [1.29, 1.82) is 0 Å². The van der Waals surface area contributed by atoms with Crippen LogP contribution in [0.25, 0.3) is 0 Å². The van der Waals surface area contributed by atoms with Crippen LogP contribution in [0, 0.1) is 5.92 Å². The van der Waals surface area contributed by atoms with E-state index in [9.17, 15) is 9.59 Å². The normalized spacial score (nSPS) is 12.4. The molecular formula is C19H38N2O2. The smallest absolute Gasteiger partial charge is 0.236 e. The molecule has 4 nitrogen and oxygen atoms in total. The maximum Gasteiger partial charge on any atom is 0.236 e. The van der Waals surface area contributed by atoms with E-state index in [1.165, 1.54) is 44.9 Å². The molecule has 0 aromatic rings. The predicted molar refractivity (Wildman–Crippen MR) is 97.3 cm³/mol. The Bertz CT molecular complexity index is 316. The molecule has 0 radical (unpaired) electrons. The van der Waals surface area contributed by atoms with Gasteiger partial charge in [-0.3, -0.25) is 4.79 Å². The third-order valence-corrected chi connectivity index (χ3v) is 4.07. The van der Waals surface area contributed by atoms with Gasteiger partial charge < -0.3 is 15.8 Å². The molecule has 3 N–H and O–H groups in total. The standard InChI is InChI=1S/C19H38N2O2/c1-16(2)15-18(20)19(23)21-14-12-10-8-6-4-5-7-9-11-13-17(3)22/h16,18H,4-15,20H2,1-3H3,(H,21,23). The summed E-state index contributed by atoms with van der Waals surface area (Å²) in [7, 11) is 0. The number of carbonyl (C=O) groups is 2. The average molecular weight is 327 g/mol. The number of Topliss-reactive ketones (excluding diaryl/α,β-unsaturated/α-hetero) is 1. The summed E-state index contributed by atoms with van der Waals surface area (Å²) < 4.78 is 0. The monoisotopic (exact) mass is 326 g/mol. The molecule has 4 heteroatoms. The van der Waals surface area contributed by atoms with Crippen molar-refractivity contribution in [3.05, 3.63) is 0 Å². The Morgan fingerprint density at radius 3 is 1.83 bits per heavy atom. The first-order valence-corrected chi connectivity index (χ1v) is 9.46. The summed E-state index contributed by atoms with van der Waals surface area (Å²) in [6.45, 7) is 6.57. The second-order valence-electron chi connectivity index (χ2n) is 7.16. The molecule has 0 saturated carbocycles. The third-order valence-electron chi connectivity index (χ3n) is 4.07. The van der Waals surface area contributed by atoms with Crippen LogP contribution < -0.4 is 11.1 Å². The zero-order valence-electron chi connectivity index (χ0n) is 15.5. The Morgan fingerprint density at radius 2 is 1.35 bits per heavy atom. The lowest BCUT2D eigenvalue weighted by Crippen LogP contribution is -2.41. The van der Waals surface area contributed by atoms with E-state index >= 15 is 0 Å². The number of ketones is 1. The van der Waals surface area contributed by atoms with Gasteiger partial charge in [0.25, 0.3) is 0 Å². The van der Waals surface area contributed by atoms with Gasteiger partial charge >= 0.3 is 0 Å². The van der Waals surface area contributed by atoms with E-state index in [0.29, 0.717) is 11.7 Å². The minimum Gasteiger partial charge on any atom is -0.355 e. The maximum absolute atomic E-state index is 11.7. The first-order chi connectivity index (χ1) is 10.9. The van der Waals surface area contributed by atoms with Gasteiger partial charge in [-0.25, -0.2) is 0 Å². The van der Waals surface area contributed by atoms with Crippen LogP contribution in [-0.2, 0) is 9.59 Å². The highest BCUT2D eigenvalue weighted by atomic mass is 16.2. The van der Waals surface area contributed by atoms with Crippen molar-refractivity contribution in [3.63, 3.8) is 0 Å². The van der Waals surface area contributed by atoms with Crippen molar-refractivity contribution in [1.82, 2.24) is 5.32 Å². The molecular weight excluding hydrogens is 288 g/mol. The fourth-order valence-electron chi connectivity index (χ4n) is 2.69. The summed E-state index contributed by atoms with van der Waals surface area (Å²) in [5.41, 5.74) is 5.83. The molecule has 0 aliphatic heterocycles. The predicted octanol–water partition coefficient (Wildman–Crippen LogP) is 3.97. The number of hydrogen-bond donors (Lipinski definition) is 2. The number of rotatable bonds is 15. The van der Waals surface area contributed by atoms with Crippen molar-refractivity contribution in [2.75, 3.05) is 6.54 Å². The lowest BCUT2D eigenvalue weighted by atomic mass is 10.0. The van der Waals surface area contributed by atoms with Gasteiger partial charge in [-0.15, -0.1) is 0 Å². The lowest BCUT2D eigenvalue weighted by Gasteiger charge is -2.14. The molecule has 1 atom stereocenters. The molecule has 0 bridgehead atoms. The van der Waals surface area contributed by atoms with Crippen LogP contribution in [0.4, 0.5) is 0 Å². The highest BCUT2D eigenvalue weighted by molar-refractivity contribution is 5.81. The molecule has 0 aromatic carbocycles. The second kappa shape index (κ2) is 14.7. The lowest BCUT2D eigenvalue weighted by molar-refractivity contribution is -0.122. The van der Waals surface area contributed by atoms with Crippen LogP contribution in [0.2, 0.25) is 0 Å². The molecule has 0 aliphatic carbocycles. The topological polar surface area (TPSA) is 72.2 Å². The van der Waals surface area contributed by atoms with Crippen molar-refractivity contribution >= 4 is 11.7 Å². The molecule has 23 heavy (non-hydrogen) atoms. The largest absolute Gasteiger partial charge is 0.355 e. The molecule has 0 saturated heterocycles. The second-order valence-corrected chi connectivity index (χ2v) is 7.16. The van der Waals surface area contributed by atoms with Gasteiger partial charge in [0.1, 0.15) is 5.78 Å². The van der Waals surface area contributed by atoms with Crippen LogP contribution in [0.15, 0.2) is 0 Å². The Labute approximate surface area is 143 Å². The van der Waals surface area contributed by atoms with Crippen molar-refractivity contribution in [3.8, 4) is 0 Å². The minimum atomic E-state index is -0.363. The Balaban J connectivity index is 3.27. The van der Waals surface area contributed by atoms with Crippen LogP contribution in [-0.4, -0.2) is 24.3 Å². The zero-order valence-corrected chi connectivity index (χ0v) is 15.5. The van der Waals surface area contributed by atoms with E-state index in [2.05, 4.69) is 19.2 Å². The van der Waals surface area contributed by atoms with Crippen LogP contribution in [0.3, 0.4) is 0 Å². The Morgan fingerprint density at radius 1 is 0.870 bits per heavy atom. The number of nitrogens with one attached hydrogen (secondary N) is 1. The van der Waals surface area contributed by atoms with E-state index in [1.54, 1.807) is 6.92 Å². The average Bonchev–Trinajstić information content (AvgIpc) is 2.47. The molecule has 0 rings (SSSR count). The third kappa shape index (κ3) is 15.8. The highest BCUT2D eigenvalue weighted by Crippen LogP contribution is 2.10. The summed E-state index contributed by atoms with van der Waals surface area (Å²) in [5, 5.41) is 2.93. The summed E-state index contributed by atoms with van der Waals surface area (Å²) in [6, 6.07) is -0.363. The first-order valence-electron chi connectivity index (χ1n) is 9.46. The SMILES string of the molecule is CC(=O)CCCCCCCCCCCNC(=O)C(N)CC(C)C. The van der Waals surface area contributed by atoms with E-state index in [4.69, 9.17) is 5.73 Å². The Hall–Kier alpha value is -0.900. The molecule has 1 unspecified atom stereocenters. The number of hydrogen-bond acceptors (Lipinski definition) is 3. The van der Waals surface area contributed by atoms with Gasteiger partial charge in [0.2, 0.25) is 5.91 Å². The van der Waals surface area contributed by atoms with Gasteiger partial charge in [-0.1, -0.05) is 58.8 Å². The van der Waals surface area contributed by atoms with Crippen molar-refractivity contribution < 1.29 is 9.59 Å². The molecule has 1 amide bonds. The molecule has 0 spiro atoms. The fraction of sp³-hybridized carbons (Fsp3) is 0.895. The van der Waals surface area contributed by atoms with E-state index in [0.717, 1.165) is 32.2 Å². The van der Waals surface area contributed by atoms with Crippen LogP contribution in [0.5, 0.6) is 0 Å². The van der Waals surface area contributed by atoms with Gasteiger partial charge in [0.05, 0.1) is 6.04 Å². The number of nitrogens with two attached hydrogens (primary N) is 1. The molecule has 0 fully saturated rings. The molecule has 0 heterocycles. The molecule has 136 valence electrons. The number of carbonyl (C=O) groups excluding carboxylic acids is 2. The van der Waals surface area contributed by atoms with Crippen LogP contribution >= 0.6 is 0 Å². The zero-order chi connectivity index (χ0) is 17.5. The van der Waals surface area contributed by atoms with Gasteiger partial charge in [0.15, 0.2) is 0 Å². The fourth-order valence-corrected chi connectivity index (χ4v) is 2.69. The quantitative estimate of drug-likeness (QED) is 0.447. The van der Waals surface area contributed by atoms with Crippen molar-refractivity contribution in [2.24, 2.45) is 11.7 Å². The van der Waals surface area contributed by atoms with Gasteiger partial charge in [-0.05, 0) is 32.1 Å². The van der Waals surface area contributed by atoms with Gasteiger partial charge in [-0.2, -0.15) is 0 Å². The highest BCUT2D eigenvalue weighted by Gasteiger charge is 2.13. The van der Waals surface area contributed by atoms with E-state index < -0.39 is 0 Å². The van der Waals surface area contributed by atoms with Crippen molar-refractivity contribution in [2.45, 2.75) is 97.4 Å². The Kier molecular flexibility index (Phi) is 14.1. The summed E-state index contributed by atoms with van der Waals surface area (Å²) >= 11 is 0. The van der Waals surface area contributed by atoms with E-state index in [1.807, 2.05) is 0 Å². The summed E-state index contributed by atoms with van der Waals surface area (Å²) in [6.07, 6.45) is 12.3. The number of unbranched alkanes of at least 4 members (excludes halogenated alkanes) is 8. The van der Waals surface area contributed by atoms with Gasteiger partial charge in [0, 0.05) is 13.0 Å². The number of amides is 1. The summed E-state index contributed by atoms with van der Waals surface area (Å²) in [5.74, 6) is 0.754.